The lowest BCUT2D eigenvalue weighted by Crippen LogP contribution is -2.47. The van der Waals surface area contributed by atoms with Gasteiger partial charge in [-0.2, -0.15) is 0 Å². The van der Waals surface area contributed by atoms with Crippen molar-refractivity contribution in [2.45, 2.75) is 58.5 Å². The summed E-state index contributed by atoms with van der Waals surface area (Å²) in [6, 6.07) is 2.57. The van der Waals surface area contributed by atoms with Gasteiger partial charge in [0.2, 0.25) is 0 Å². The fraction of sp³-hybridized carbons (Fsp3) is 0.588. The number of hydrogen-bond acceptors (Lipinski definition) is 3. The van der Waals surface area contributed by atoms with Gasteiger partial charge in [0, 0.05) is 18.5 Å². The lowest BCUT2D eigenvalue weighted by molar-refractivity contribution is 0.0516. The van der Waals surface area contributed by atoms with Crippen LogP contribution in [0.2, 0.25) is 0 Å². The van der Waals surface area contributed by atoms with Gasteiger partial charge in [-0.25, -0.2) is 0 Å². The summed E-state index contributed by atoms with van der Waals surface area (Å²) in [5, 5.41) is 8.78. The quantitative estimate of drug-likeness (QED) is 0.853. The Morgan fingerprint density at radius 3 is 2.71 bits per heavy atom. The van der Waals surface area contributed by atoms with E-state index in [0.29, 0.717) is 18.5 Å². The van der Waals surface area contributed by atoms with Crippen molar-refractivity contribution in [2.24, 2.45) is 0 Å². The highest BCUT2D eigenvalue weighted by Gasteiger charge is 2.30. The third-order valence-electron chi connectivity index (χ3n) is 4.00. The first-order chi connectivity index (χ1) is 10.0. The monoisotopic (exact) mass is 305 g/mol. The van der Waals surface area contributed by atoms with E-state index < -0.39 is 0 Å². The Balaban J connectivity index is 2.20. The number of aliphatic hydroxyl groups is 1. The molecule has 2 atom stereocenters. The minimum absolute atomic E-state index is 0.0754. The van der Waals surface area contributed by atoms with Gasteiger partial charge < -0.3 is 10.0 Å². The Labute approximate surface area is 131 Å². The van der Waals surface area contributed by atoms with Crippen LogP contribution >= 0.6 is 11.3 Å². The largest absolute Gasteiger partial charge is 0.395 e. The molecular weight excluding hydrogens is 282 g/mol. The fourth-order valence-electron chi connectivity index (χ4n) is 2.86. The van der Waals surface area contributed by atoms with Gasteiger partial charge in [0.05, 0.1) is 16.4 Å². The van der Waals surface area contributed by atoms with E-state index >= 15 is 0 Å². The highest BCUT2D eigenvalue weighted by molar-refractivity contribution is 7.14. The number of thiophene rings is 1. The van der Waals surface area contributed by atoms with E-state index in [9.17, 15) is 4.79 Å². The van der Waals surface area contributed by atoms with E-state index in [0.717, 1.165) is 28.2 Å². The Hall–Kier alpha value is -1.31. The van der Waals surface area contributed by atoms with E-state index in [-0.39, 0.29) is 12.5 Å². The molecule has 1 saturated heterocycles. The third kappa shape index (κ3) is 3.66. The molecule has 1 aromatic heterocycles. The summed E-state index contributed by atoms with van der Waals surface area (Å²) < 4.78 is 0. The van der Waals surface area contributed by atoms with Gasteiger partial charge in [0.25, 0.3) is 5.91 Å². The highest BCUT2D eigenvalue weighted by Crippen LogP contribution is 2.28. The number of amides is 1. The summed E-state index contributed by atoms with van der Waals surface area (Å²) >= 11 is 1.47. The standard InChI is InChI=1S/C17H23NO2S/c1-12-11-16(21-15(12)9-4-5-10-19)17(20)18-13(2)7-6-8-14(18)3/h11,13-14,19H,5-8,10H2,1-3H3/t13-,14+. The van der Waals surface area contributed by atoms with Crippen molar-refractivity contribution in [2.75, 3.05) is 6.61 Å². The molecule has 2 heterocycles. The lowest BCUT2D eigenvalue weighted by atomic mass is 9.97. The van der Waals surface area contributed by atoms with Crippen molar-refractivity contribution < 1.29 is 9.90 Å². The molecule has 3 nitrogen and oxygen atoms in total. The van der Waals surface area contributed by atoms with Crippen LogP contribution < -0.4 is 0 Å². The van der Waals surface area contributed by atoms with Crippen LogP contribution in [0.25, 0.3) is 0 Å². The maximum Gasteiger partial charge on any atom is 0.264 e. The number of aliphatic hydroxyl groups excluding tert-OH is 1. The molecule has 1 amide bonds. The summed E-state index contributed by atoms with van der Waals surface area (Å²) in [6.45, 7) is 6.33. The highest BCUT2D eigenvalue weighted by atomic mass is 32.1. The average Bonchev–Trinajstić information content (AvgIpc) is 2.80. The predicted octanol–water partition coefficient (Wildman–Crippen LogP) is 3.19. The molecule has 1 aromatic rings. The first-order valence-corrected chi connectivity index (χ1v) is 8.39. The minimum atomic E-state index is 0.0754. The van der Waals surface area contributed by atoms with Crippen LogP contribution in [0.3, 0.4) is 0 Å². The van der Waals surface area contributed by atoms with E-state index in [2.05, 4.69) is 25.7 Å². The van der Waals surface area contributed by atoms with Crippen LogP contribution in [0.4, 0.5) is 0 Å². The molecule has 1 aliphatic heterocycles. The smallest absolute Gasteiger partial charge is 0.264 e. The van der Waals surface area contributed by atoms with E-state index in [1.165, 1.54) is 17.8 Å². The molecule has 0 unspecified atom stereocenters. The number of piperidine rings is 1. The number of hydrogen-bond donors (Lipinski definition) is 1. The second-order valence-electron chi connectivity index (χ2n) is 5.74. The Kier molecular flexibility index (Phi) is 5.44. The molecule has 2 rings (SSSR count). The Morgan fingerprint density at radius 2 is 2.10 bits per heavy atom. The SMILES string of the molecule is Cc1cc(C(=O)N2[C@H](C)CCC[C@@H]2C)sc1C#CCCO. The molecule has 0 saturated carbocycles. The van der Waals surface area contributed by atoms with Crippen LogP contribution in [0.5, 0.6) is 0 Å². The summed E-state index contributed by atoms with van der Waals surface area (Å²) in [5.41, 5.74) is 1.05. The van der Waals surface area contributed by atoms with Crippen molar-refractivity contribution in [3.63, 3.8) is 0 Å². The maximum atomic E-state index is 12.8. The topological polar surface area (TPSA) is 40.5 Å². The number of carbonyl (C=O) groups is 1. The summed E-state index contributed by atoms with van der Waals surface area (Å²) in [5.74, 6) is 6.12. The number of rotatable bonds is 2. The molecule has 0 radical (unpaired) electrons. The first kappa shape index (κ1) is 16.1. The van der Waals surface area contributed by atoms with Crippen LogP contribution in [0.15, 0.2) is 6.07 Å². The molecule has 21 heavy (non-hydrogen) atoms. The number of aryl methyl sites for hydroxylation is 1. The fourth-order valence-corrected chi connectivity index (χ4v) is 3.85. The van der Waals surface area contributed by atoms with Crippen molar-refractivity contribution in [3.05, 3.63) is 21.4 Å². The first-order valence-electron chi connectivity index (χ1n) is 7.57. The molecule has 0 aromatic carbocycles. The zero-order valence-electron chi connectivity index (χ0n) is 13.0. The molecule has 114 valence electrons. The van der Waals surface area contributed by atoms with E-state index in [1.807, 2.05) is 17.9 Å². The lowest BCUT2D eigenvalue weighted by Gasteiger charge is -2.38. The predicted molar refractivity (Wildman–Crippen MR) is 86.6 cm³/mol. The minimum Gasteiger partial charge on any atom is -0.395 e. The Bertz CT molecular complexity index is 557. The van der Waals surface area contributed by atoms with Gasteiger partial charge in [0.1, 0.15) is 0 Å². The summed E-state index contributed by atoms with van der Waals surface area (Å²) in [6.07, 6.45) is 3.85. The molecular formula is C17H23NO2S. The van der Waals surface area contributed by atoms with Gasteiger partial charge >= 0.3 is 0 Å². The van der Waals surface area contributed by atoms with Gasteiger partial charge in [-0.15, -0.1) is 11.3 Å². The van der Waals surface area contributed by atoms with Crippen molar-refractivity contribution in [3.8, 4) is 11.8 Å². The molecule has 0 aliphatic carbocycles. The second-order valence-corrected chi connectivity index (χ2v) is 6.79. The Morgan fingerprint density at radius 1 is 1.43 bits per heavy atom. The maximum absolute atomic E-state index is 12.8. The van der Waals surface area contributed by atoms with Gasteiger partial charge in [0.15, 0.2) is 0 Å². The third-order valence-corrected chi connectivity index (χ3v) is 5.14. The average molecular weight is 305 g/mol. The van der Waals surface area contributed by atoms with Gasteiger partial charge in [-0.3, -0.25) is 4.79 Å². The van der Waals surface area contributed by atoms with E-state index in [4.69, 9.17) is 5.11 Å². The van der Waals surface area contributed by atoms with Gasteiger partial charge in [-0.05, 0) is 51.7 Å². The second kappa shape index (κ2) is 7.11. The van der Waals surface area contributed by atoms with Crippen molar-refractivity contribution >= 4 is 17.2 Å². The van der Waals surface area contributed by atoms with Crippen LogP contribution in [0.1, 0.15) is 59.6 Å². The zero-order valence-corrected chi connectivity index (χ0v) is 13.8. The van der Waals surface area contributed by atoms with Gasteiger partial charge in [-0.1, -0.05) is 11.8 Å². The van der Waals surface area contributed by atoms with E-state index in [1.54, 1.807) is 0 Å². The molecule has 0 spiro atoms. The molecule has 0 bridgehead atoms. The van der Waals surface area contributed by atoms with Crippen LogP contribution in [0, 0.1) is 18.8 Å². The zero-order chi connectivity index (χ0) is 15.4. The summed E-state index contributed by atoms with van der Waals surface area (Å²) in [7, 11) is 0. The van der Waals surface area contributed by atoms with Crippen molar-refractivity contribution in [1.29, 1.82) is 0 Å². The molecule has 1 aliphatic rings. The molecule has 1 fully saturated rings. The summed E-state index contributed by atoms with van der Waals surface area (Å²) in [4.78, 5) is 16.5. The van der Waals surface area contributed by atoms with Crippen molar-refractivity contribution in [1.82, 2.24) is 4.90 Å². The number of likely N-dealkylation sites (tertiary alicyclic amines) is 1. The molecule has 4 heteroatoms. The molecule has 1 N–H and O–H groups in total. The number of nitrogens with zero attached hydrogens (tertiary/aromatic N) is 1. The normalized spacial score (nSPS) is 21.8. The van der Waals surface area contributed by atoms with Crippen LogP contribution in [-0.2, 0) is 0 Å². The number of carbonyl (C=O) groups excluding carboxylic acids is 1. The van der Waals surface area contributed by atoms with Crippen LogP contribution in [-0.4, -0.2) is 34.6 Å².